The molecule has 0 atom stereocenters. The molecule has 184 valence electrons. The standard InChI is InChI=1S/C27H31N3O4S/c1-22-7-5-6-10-26(22)34-20-15-28-27(31)24-13-11-23(12-14-24)21-29-16-18-30(19-17-29)35(32,33)25-8-3-2-4-9-25/h2-14H,15-21H2,1H3,(H,28,31). The van der Waals surface area contributed by atoms with Crippen LogP contribution in [-0.4, -0.2) is 62.9 Å². The van der Waals surface area contributed by atoms with Crippen molar-refractivity contribution in [2.24, 2.45) is 0 Å². The molecule has 0 bridgehead atoms. The molecule has 0 spiro atoms. The van der Waals surface area contributed by atoms with Crippen LogP contribution in [0.25, 0.3) is 0 Å². The molecule has 3 aromatic rings. The second kappa shape index (κ2) is 11.5. The fraction of sp³-hybridized carbons (Fsp3) is 0.296. The number of benzene rings is 3. The lowest BCUT2D eigenvalue weighted by Crippen LogP contribution is -2.48. The Bertz CT molecular complexity index is 1220. The number of aryl methyl sites for hydroxylation is 1. The molecule has 1 amide bonds. The van der Waals surface area contributed by atoms with E-state index in [1.807, 2.05) is 61.5 Å². The zero-order valence-electron chi connectivity index (χ0n) is 19.9. The van der Waals surface area contributed by atoms with Gasteiger partial charge in [0.2, 0.25) is 10.0 Å². The number of nitrogens with one attached hydrogen (secondary N) is 1. The third kappa shape index (κ3) is 6.48. The molecule has 1 saturated heterocycles. The van der Waals surface area contributed by atoms with E-state index in [0.717, 1.165) is 16.9 Å². The van der Waals surface area contributed by atoms with Crippen LogP contribution in [0.3, 0.4) is 0 Å². The molecule has 1 aliphatic heterocycles. The van der Waals surface area contributed by atoms with Crippen LogP contribution in [0.2, 0.25) is 0 Å². The molecule has 4 rings (SSSR count). The van der Waals surface area contributed by atoms with Crippen LogP contribution in [0.4, 0.5) is 0 Å². The maximum atomic E-state index is 12.8. The van der Waals surface area contributed by atoms with Crippen molar-refractivity contribution < 1.29 is 17.9 Å². The van der Waals surface area contributed by atoms with E-state index in [-0.39, 0.29) is 5.91 Å². The minimum absolute atomic E-state index is 0.135. The molecule has 0 radical (unpaired) electrons. The maximum absolute atomic E-state index is 12.8. The first-order chi connectivity index (χ1) is 16.9. The third-order valence-electron chi connectivity index (χ3n) is 6.07. The lowest BCUT2D eigenvalue weighted by atomic mass is 10.1. The first-order valence-corrected chi connectivity index (χ1v) is 13.2. The number of para-hydroxylation sites is 1. The van der Waals surface area contributed by atoms with Crippen molar-refractivity contribution in [2.45, 2.75) is 18.4 Å². The van der Waals surface area contributed by atoms with Crippen molar-refractivity contribution in [3.63, 3.8) is 0 Å². The smallest absolute Gasteiger partial charge is 0.251 e. The molecule has 0 aromatic heterocycles. The van der Waals surface area contributed by atoms with Gasteiger partial charge in [-0.2, -0.15) is 4.31 Å². The highest BCUT2D eigenvalue weighted by Crippen LogP contribution is 2.18. The highest BCUT2D eigenvalue weighted by molar-refractivity contribution is 7.89. The molecule has 3 aromatic carbocycles. The Morgan fingerprint density at radius 2 is 1.54 bits per heavy atom. The van der Waals surface area contributed by atoms with Gasteiger partial charge in [-0.25, -0.2) is 8.42 Å². The number of ether oxygens (including phenoxy) is 1. The number of rotatable bonds is 9. The van der Waals surface area contributed by atoms with Crippen molar-refractivity contribution in [3.05, 3.63) is 95.6 Å². The van der Waals surface area contributed by atoms with Crippen molar-refractivity contribution in [1.82, 2.24) is 14.5 Å². The normalized spacial score (nSPS) is 15.0. The van der Waals surface area contributed by atoms with Gasteiger partial charge in [-0.15, -0.1) is 0 Å². The molecule has 8 heteroatoms. The summed E-state index contributed by atoms with van der Waals surface area (Å²) in [6.07, 6.45) is 0. The predicted molar refractivity (Wildman–Crippen MR) is 136 cm³/mol. The first kappa shape index (κ1) is 24.9. The lowest BCUT2D eigenvalue weighted by molar-refractivity contribution is 0.0947. The Labute approximate surface area is 207 Å². The summed E-state index contributed by atoms with van der Waals surface area (Å²) in [6.45, 7) is 5.77. The number of hydrogen-bond acceptors (Lipinski definition) is 5. The zero-order valence-corrected chi connectivity index (χ0v) is 20.7. The van der Waals surface area contributed by atoms with E-state index in [4.69, 9.17) is 4.74 Å². The Kier molecular flexibility index (Phi) is 8.17. The summed E-state index contributed by atoms with van der Waals surface area (Å²) in [5.74, 6) is 0.689. The first-order valence-electron chi connectivity index (χ1n) is 11.8. The van der Waals surface area contributed by atoms with Crippen LogP contribution in [0, 0.1) is 6.92 Å². The summed E-state index contributed by atoms with van der Waals surface area (Å²) in [6, 6.07) is 23.9. The van der Waals surface area contributed by atoms with E-state index in [9.17, 15) is 13.2 Å². The highest BCUT2D eigenvalue weighted by Gasteiger charge is 2.28. The number of sulfonamides is 1. The summed E-state index contributed by atoms with van der Waals surface area (Å²) in [5.41, 5.74) is 2.75. The molecule has 0 unspecified atom stereocenters. The topological polar surface area (TPSA) is 79.0 Å². The van der Waals surface area contributed by atoms with E-state index >= 15 is 0 Å². The maximum Gasteiger partial charge on any atom is 0.251 e. The van der Waals surface area contributed by atoms with E-state index < -0.39 is 10.0 Å². The molecule has 0 saturated carbocycles. The molecular formula is C27H31N3O4S. The quantitative estimate of drug-likeness (QED) is 0.463. The second-order valence-electron chi connectivity index (χ2n) is 8.56. The van der Waals surface area contributed by atoms with Crippen molar-refractivity contribution in [3.8, 4) is 5.75 Å². The lowest BCUT2D eigenvalue weighted by Gasteiger charge is -2.34. The Balaban J connectivity index is 1.21. The monoisotopic (exact) mass is 493 g/mol. The Morgan fingerprint density at radius 3 is 2.23 bits per heavy atom. The van der Waals surface area contributed by atoms with Gasteiger partial charge in [-0.3, -0.25) is 9.69 Å². The fourth-order valence-corrected chi connectivity index (χ4v) is 5.48. The molecule has 1 heterocycles. The van der Waals surface area contributed by atoms with Crippen LogP contribution < -0.4 is 10.1 Å². The molecule has 0 aliphatic carbocycles. The van der Waals surface area contributed by atoms with Crippen LogP contribution in [0.15, 0.2) is 83.8 Å². The summed E-state index contributed by atoms with van der Waals surface area (Å²) < 4.78 is 32.9. The Hall–Kier alpha value is -3.20. The molecule has 1 fully saturated rings. The zero-order chi connectivity index (χ0) is 24.7. The van der Waals surface area contributed by atoms with Crippen LogP contribution in [-0.2, 0) is 16.6 Å². The van der Waals surface area contributed by atoms with E-state index in [1.165, 1.54) is 0 Å². The van der Waals surface area contributed by atoms with Crippen LogP contribution in [0.1, 0.15) is 21.5 Å². The van der Waals surface area contributed by atoms with Gasteiger partial charge >= 0.3 is 0 Å². The van der Waals surface area contributed by atoms with Crippen LogP contribution >= 0.6 is 0 Å². The van der Waals surface area contributed by atoms with Gasteiger partial charge in [-0.1, -0.05) is 48.5 Å². The van der Waals surface area contributed by atoms with Crippen molar-refractivity contribution >= 4 is 15.9 Å². The minimum Gasteiger partial charge on any atom is -0.491 e. The van der Waals surface area contributed by atoms with Crippen molar-refractivity contribution in [2.75, 3.05) is 39.3 Å². The summed E-state index contributed by atoms with van der Waals surface area (Å²) in [7, 11) is -3.45. The SMILES string of the molecule is Cc1ccccc1OCCNC(=O)c1ccc(CN2CCN(S(=O)(=O)c3ccccc3)CC2)cc1. The van der Waals surface area contributed by atoms with Crippen LogP contribution in [0.5, 0.6) is 5.75 Å². The number of carbonyl (C=O) groups excluding carboxylic acids is 1. The van der Waals surface area contributed by atoms with Gasteiger partial charge in [0, 0.05) is 38.3 Å². The number of amides is 1. The van der Waals surface area contributed by atoms with Gasteiger partial charge in [0.15, 0.2) is 0 Å². The molecule has 35 heavy (non-hydrogen) atoms. The average molecular weight is 494 g/mol. The van der Waals surface area contributed by atoms with Crippen molar-refractivity contribution in [1.29, 1.82) is 0 Å². The molecule has 1 N–H and O–H groups in total. The average Bonchev–Trinajstić information content (AvgIpc) is 2.89. The van der Waals surface area contributed by atoms with E-state index in [0.29, 0.717) is 56.3 Å². The summed E-state index contributed by atoms with van der Waals surface area (Å²) in [4.78, 5) is 15.0. The number of hydrogen-bond donors (Lipinski definition) is 1. The minimum atomic E-state index is -3.45. The number of carbonyl (C=O) groups is 1. The van der Waals surface area contributed by atoms with Gasteiger partial charge in [0.25, 0.3) is 5.91 Å². The number of piperazine rings is 1. The second-order valence-corrected chi connectivity index (χ2v) is 10.5. The summed E-state index contributed by atoms with van der Waals surface area (Å²) >= 11 is 0. The van der Waals surface area contributed by atoms with Gasteiger partial charge in [-0.05, 0) is 48.4 Å². The largest absolute Gasteiger partial charge is 0.491 e. The molecular weight excluding hydrogens is 462 g/mol. The third-order valence-corrected chi connectivity index (χ3v) is 7.99. The highest BCUT2D eigenvalue weighted by atomic mass is 32.2. The van der Waals surface area contributed by atoms with E-state index in [1.54, 1.807) is 28.6 Å². The Morgan fingerprint density at radius 1 is 0.886 bits per heavy atom. The molecule has 7 nitrogen and oxygen atoms in total. The fourth-order valence-electron chi connectivity index (χ4n) is 4.04. The van der Waals surface area contributed by atoms with Gasteiger partial charge < -0.3 is 10.1 Å². The van der Waals surface area contributed by atoms with Gasteiger partial charge in [0.05, 0.1) is 11.4 Å². The van der Waals surface area contributed by atoms with E-state index in [2.05, 4.69) is 10.2 Å². The van der Waals surface area contributed by atoms with Gasteiger partial charge in [0.1, 0.15) is 12.4 Å². The predicted octanol–water partition coefficient (Wildman–Crippen LogP) is 3.31. The molecule has 1 aliphatic rings. The summed E-state index contributed by atoms with van der Waals surface area (Å²) in [5, 5.41) is 2.89. The number of nitrogens with zero attached hydrogens (tertiary/aromatic N) is 2.